The van der Waals surface area contributed by atoms with Crippen LogP contribution in [0.25, 0.3) is 10.9 Å². The molecule has 2 N–H and O–H groups in total. The van der Waals surface area contributed by atoms with Crippen molar-refractivity contribution in [1.82, 2.24) is 4.57 Å². The lowest BCUT2D eigenvalue weighted by Gasteiger charge is -2.38. The Morgan fingerprint density at radius 1 is 0.833 bits per heavy atom. The zero-order valence-electron chi connectivity index (χ0n) is 20.4. The van der Waals surface area contributed by atoms with E-state index >= 15 is 0 Å². The van der Waals surface area contributed by atoms with Gasteiger partial charge in [0, 0.05) is 24.0 Å². The van der Waals surface area contributed by atoms with Crippen LogP contribution < -0.4 is 10.5 Å². The largest absolute Gasteiger partial charge is 0.460 e. The zero-order valence-corrected chi connectivity index (χ0v) is 20.4. The third kappa shape index (κ3) is 3.79. The number of nitrogens with zero attached hydrogens (tertiary/aromatic N) is 1. The van der Waals surface area contributed by atoms with Crippen LogP contribution in [-0.4, -0.2) is 23.5 Å². The Morgan fingerprint density at radius 2 is 1.36 bits per heavy atom. The van der Waals surface area contributed by atoms with Gasteiger partial charge in [0.25, 0.3) is 0 Å². The fourth-order valence-electron chi connectivity index (χ4n) is 5.34. The lowest BCUT2D eigenvalue weighted by atomic mass is 9.76. The lowest BCUT2D eigenvalue weighted by molar-refractivity contribution is 0.0804. The second-order valence-electron chi connectivity index (χ2n) is 9.58. The molecule has 1 aliphatic rings. The van der Waals surface area contributed by atoms with Crippen molar-refractivity contribution >= 4 is 10.9 Å². The van der Waals surface area contributed by atoms with Gasteiger partial charge in [0.05, 0.1) is 0 Å². The van der Waals surface area contributed by atoms with Gasteiger partial charge in [-0.05, 0) is 53.4 Å². The number of epoxide rings is 1. The predicted octanol–water partition coefficient (Wildman–Crippen LogP) is 6.11. The molecule has 180 valence electrons. The van der Waals surface area contributed by atoms with Crippen LogP contribution in [0, 0.1) is 0 Å². The number of ether oxygens (including phenoxy) is 2. The van der Waals surface area contributed by atoms with Crippen molar-refractivity contribution < 1.29 is 9.47 Å². The van der Waals surface area contributed by atoms with Gasteiger partial charge >= 0.3 is 0 Å². The van der Waals surface area contributed by atoms with Crippen LogP contribution in [-0.2, 0) is 16.7 Å². The maximum absolute atomic E-state index is 6.14. The van der Waals surface area contributed by atoms with Crippen molar-refractivity contribution in [3.8, 4) is 5.75 Å². The molecule has 1 saturated heterocycles. The van der Waals surface area contributed by atoms with Crippen molar-refractivity contribution in [2.75, 3.05) is 13.2 Å². The number of hydrogen-bond acceptors (Lipinski definition) is 3. The van der Waals surface area contributed by atoms with Gasteiger partial charge in [-0.25, -0.2) is 0 Å². The number of rotatable bonds is 8. The highest BCUT2D eigenvalue weighted by atomic mass is 16.8. The average molecular weight is 475 g/mol. The van der Waals surface area contributed by atoms with E-state index in [9.17, 15) is 0 Å². The van der Waals surface area contributed by atoms with Gasteiger partial charge in [0.1, 0.15) is 17.9 Å². The minimum atomic E-state index is -0.581. The van der Waals surface area contributed by atoms with Crippen molar-refractivity contribution in [1.29, 1.82) is 0 Å². The summed E-state index contributed by atoms with van der Waals surface area (Å²) < 4.78 is 14.0. The number of benzene rings is 4. The van der Waals surface area contributed by atoms with Crippen molar-refractivity contribution in [2.45, 2.75) is 24.7 Å². The van der Waals surface area contributed by atoms with Crippen LogP contribution in [0.3, 0.4) is 0 Å². The number of aromatic nitrogens is 1. The molecule has 4 heteroatoms. The number of nitrogens with two attached hydrogens (primary N) is 1. The predicted molar refractivity (Wildman–Crippen MR) is 144 cm³/mol. The Labute approximate surface area is 211 Å². The summed E-state index contributed by atoms with van der Waals surface area (Å²) in [5.74, 6) is 0.287. The Morgan fingerprint density at radius 3 is 1.83 bits per heavy atom. The van der Waals surface area contributed by atoms with Gasteiger partial charge < -0.3 is 19.8 Å². The van der Waals surface area contributed by atoms with Crippen LogP contribution in [0.15, 0.2) is 115 Å². The van der Waals surface area contributed by atoms with Gasteiger partial charge in [-0.15, -0.1) is 0 Å². The summed E-state index contributed by atoms with van der Waals surface area (Å²) in [7, 11) is 0. The fraction of sp³-hybridized carbons (Fsp3) is 0.188. The quantitative estimate of drug-likeness (QED) is 0.218. The van der Waals surface area contributed by atoms with E-state index in [4.69, 9.17) is 15.2 Å². The smallest absolute Gasteiger partial charge is 0.231 e. The van der Waals surface area contributed by atoms with Crippen molar-refractivity contribution in [2.24, 2.45) is 5.73 Å². The summed E-state index contributed by atoms with van der Waals surface area (Å²) in [5, 5.41) is 1.15. The normalized spacial score (nSPS) is 17.3. The molecule has 5 aromatic rings. The molecule has 4 aromatic carbocycles. The highest BCUT2D eigenvalue weighted by molar-refractivity contribution is 5.87. The maximum Gasteiger partial charge on any atom is 0.231 e. The van der Waals surface area contributed by atoms with Gasteiger partial charge in [0.2, 0.25) is 5.79 Å². The van der Waals surface area contributed by atoms with Crippen LogP contribution in [0.4, 0.5) is 0 Å². The lowest BCUT2D eigenvalue weighted by Crippen LogP contribution is -2.37. The Balaban J connectivity index is 1.68. The van der Waals surface area contributed by atoms with E-state index in [1.54, 1.807) is 0 Å². The topological polar surface area (TPSA) is 52.7 Å². The van der Waals surface area contributed by atoms with E-state index in [2.05, 4.69) is 114 Å². The molecule has 1 atom stereocenters. The summed E-state index contributed by atoms with van der Waals surface area (Å²) in [6.45, 7) is 3.15. The molecule has 0 amide bonds. The highest BCUT2D eigenvalue weighted by Crippen LogP contribution is 2.44. The van der Waals surface area contributed by atoms with E-state index < -0.39 is 11.3 Å². The molecule has 2 heterocycles. The Hall–Kier alpha value is -3.86. The fourth-order valence-corrected chi connectivity index (χ4v) is 5.34. The SMILES string of the molecule is CC1(Oc2ccc3c(c2)c(CCN)cn3C(c2ccccc2)(c2ccccc2)c2ccccc2)CO1. The Bertz CT molecular complexity index is 1380. The van der Waals surface area contributed by atoms with Gasteiger partial charge in [-0.1, -0.05) is 91.0 Å². The second kappa shape index (κ2) is 8.98. The molecule has 1 fully saturated rings. The summed E-state index contributed by atoms with van der Waals surface area (Å²) >= 11 is 0. The van der Waals surface area contributed by atoms with Crippen LogP contribution in [0.1, 0.15) is 29.2 Å². The van der Waals surface area contributed by atoms with Crippen molar-refractivity contribution in [3.63, 3.8) is 0 Å². The molecule has 0 saturated carbocycles. The molecule has 0 radical (unpaired) electrons. The van der Waals surface area contributed by atoms with E-state index in [0.717, 1.165) is 23.1 Å². The summed E-state index contributed by atoms with van der Waals surface area (Å²) in [6, 6.07) is 38.6. The Kier molecular flexibility index (Phi) is 5.63. The van der Waals surface area contributed by atoms with Gasteiger partial charge in [-0.3, -0.25) is 0 Å². The van der Waals surface area contributed by atoms with Crippen LogP contribution in [0.2, 0.25) is 0 Å². The number of hydrogen-bond donors (Lipinski definition) is 1. The summed E-state index contributed by atoms with van der Waals surface area (Å²) in [6.07, 6.45) is 3.05. The van der Waals surface area contributed by atoms with Crippen LogP contribution >= 0.6 is 0 Å². The molecule has 6 rings (SSSR count). The van der Waals surface area contributed by atoms with E-state index in [0.29, 0.717) is 13.2 Å². The molecule has 36 heavy (non-hydrogen) atoms. The van der Waals surface area contributed by atoms with E-state index in [-0.39, 0.29) is 0 Å². The minimum absolute atomic E-state index is 0.522. The molecule has 0 aliphatic carbocycles. The molecule has 4 nitrogen and oxygen atoms in total. The molecular weight excluding hydrogens is 444 g/mol. The average Bonchev–Trinajstić information content (AvgIpc) is 3.55. The molecule has 1 unspecified atom stereocenters. The van der Waals surface area contributed by atoms with Gasteiger partial charge in [0.15, 0.2) is 0 Å². The number of fused-ring (bicyclic) bond motifs is 1. The molecule has 0 bridgehead atoms. The first-order valence-electron chi connectivity index (χ1n) is 12.5. The third-order valence-electron chi connectivity index (χ3n) is 7.09. The molecular formula is C32H30N2O2. The summed E-state index contributed by atoms with van der Waals surface area (Å²) in [5.41, 5.74) is 11.4. The maximum atomic E-state index is 6.14. The second-order valence-corrected chi connectivity index (χ2v) is 9.58. The third-order valence-corrected chi connectivity index (χ3v) is 7.09. The standard InChI is InChI=1S/C32H30N2O2/c1-31(23-35-31)36-28-17-18-30-29(21-28)24(19-20-33)22-34(30)32(25-11-5-2-6-12-25,26-13-7-3-8-14-26)27-15-9-4-10-16-27/h2-18,21-22H,19-20,23,33H2,1H3. The summed E-state index contributed by atoms with van der Waals surface area (Å²) in [4.78, 5) is 0. The van der Waals surface area contributed by atoms with E-state index in [1.165, 1.54) is 22.3 Å². The first kappa shape index (κ1) is 22.6. The first-order valence-corrected chi connectivity index (χ1v) is 12.5. The molecule has 1 aromatic heterocycles. The molecule has 0 spiro atoms. The van der Waals surface area contributed by atoms with Crippen molar-refractivity contribution in [3.05, 3.63) is 138 Å². The van der Waals surface area contributed by atoms with E-state index in [1.807, 2.05) is 13.0 Å². The minimum Gasteiger partial charge on any atom is -0.460 e. The van der Waals surface area contributed by atoms with Gasteiger partial charge in [-0.2, -0.15) is 0 Å². The zero-order chi connectivity index (χ0) is 24.6. The van der Waals surface area contributed by atoms with Crippen LogP contribution in [0.5, 0.6) is 5.75 Å². The highest BCUT2D eigenvalue weighted by Gasteiger charge is 2.43. The monoisotopic (exact) mass is 474 g/mol. The molecule has 1 aliphatic heterocycles. The first-order chi connectivity index (χ1) is 17.6.